The maximum absolute atomic E-state index is 6.46. The molecule has 5 aromatic carbocycles. The molecule has 0 fully saturated rings. The van der Waals surface area contributed by atoms with Gasteiger partial charge in [0.05, 0.1) is 5.52 Å². The molecule has 4 heterocycles. The Morgan fingerprint density at radius 1 is 0.500 bits per heavy atom. The van der Waals surface area contributed by atoms with Crippen LogP contribution in [0.25, 0.3) is 83.7 Å². The smallest absolute Gasteiger partial charge is 0.164 e. The molecule has 0 radical (unpaired) electrons. The van der Waals surface area contributed by atoms with Gasteiger partial charge in [-0.05, 0) is 36.4 Å². The molecule has 7 nitrogen and oxygen atoms in total. The van der Waals surface area contributed by atoms with E-state index in [1.54, 1.807) is 6.33 Å². The van der Waals surface area contributed by atoms with Crippen molar-refractivity contribution in [1.29, 1.82) is 0 Å². The highest BCUT2D eigenvalue weighted by atomic mass is 16.3. The molecule has 7 heteroatoms. The van der Waals surface area contributed by atoms with Crippen molar-refractivity contribution in [3.8, 4) is 39.9 Å². The first-order valence-electron chi connectivity index (χ1n) is 14.3. The van der Waals surface area contributed by atoms with Gasteiger partial charge in [-0.1, -0.05) is 84.9 Å². The highest BCUT2D eigenvalue weighted by molar-refractivity contribution is 6.20. The van der Waals surface area contributed by atoms with E-state index in [0.29, 0.717) is 17.5 Å². The van der Waals surface area contributed by atoms with E-state index >= 15 is 0 Å². The summed E-state index contributed by atoms with van der Waals surface area (Å²) in [6, 6.07) is 40.6. The van der Waals surface area contributed by atoms with Crippen molar-refractivity contribution < 1.29 is 4.42 Å². The predicted molar refractivity (Wildman–Crippen MR) is 173 cm³/mol. The molecule has 0 saturated carbocycles. The third kappa shape index (κ3) is 3.80. The Labute approximate surface area is 251 Å². The van der Waals surface area contributed by atoms with E-state index in [2.05, 4.69) is 39.9 Å². The van der Waals surface area contributed by atoms with Gasteiger partial charge in [0.25, 0.3) is 0 Å². The Bertz CT molecular complexity index is 2430. The van der Waals surface area contributed by atoms with E-state index in [1.165, 1.54) is 0 Å². The van der Waals surface area contributed by atoms with E-state index in [0.717, 1.165) is 66.3 Å². The van der Waals surface area contributed by atoms with Crippen LogP contribution in [0, 0.1) is 0 Å². The highest BCUT2D eigenvalue weighted by Crippen LogP contribution is 2.39. The quantitative estimate of drug-likeness (QED) is 0.212. The van der Waals surface area contributed by atoms with Gasteiger partial charge in [-0.2, -0.15) is 0 Å². The molecule has 0 spiro atoms. The molecule has 206 valence electrons. The van der Waals surface area contributed by atoms with Crippen molar-refractivity contribution in [3.05, 3.63) is 134 Å². The lowest BCUT2D eigenvalue weighted by molar-refractivity contribution is 0.671. The van der Waals surface area contributed by atoms with Gasteiger partial charge in [0.15, 0.2) is 23.1 Å². The number of rotatable bonds is 4. The average Bonchev–Trinajstić information content (AvgIpc) is 3.65. The van der Waals surface area contributed by atoms with E-state index in [9.17, 15) is 0 Å². The maximum atomic E-state index is 6.46. The summed E-state index contributed by atoms with van der Waals surface area (Å²) in [4.78, 5) is 23.6. The number of nitrogens with zero attached hydrogens (tertiary/aromatic N) is 6. The summed E-state index contributed by atoms with van der Waals surface area (Å²) >= 11 is 0. The Morgan fingerprint density at radius 3 is 1.77 bits per heavy atom. The monoisotopic (exact) mass is 566 g/mol. The molecule has 44 heavy (non-hydrogen) atoms. The number of para-hydroxylation sites is 1. The van der Waals surface area contributed by atoms with Crippen LogP contribution >= 0.6 is 0 Å². The lowest BCUT2D eigenvalue weighted by Crippen LogP contribution is -2.00. The molecule has 0 aliphatic rings. The second-order valence-corrected chi connectivity index (χ2v) is 10.6. The van der Waals surface area contributed by atoms with Crippen molar-refractivity contribution in [2.24, 2.45) is 0 Å². The SMILES string of the molecule is c1ccc(-c2nc(-c3ccccc3)nc(-c3ccc(-n4c5ncncc5c5ccc6c7ccccc7oc6c54)cc3)n2)cc1. The van der Waals surface area contributed by atoms with Gasteiger partial charge in [0, 0.05) is 50.1 Å². The van der Waals surface area contributed by atoms with Crippen LogP contribution in [-0.2, 0) is 0 Å². The average molecular weight is 567 g/mol. The number of hydrogen-bond acceptors (Lipinski definition) is 6. The van der Waals surface area contributed by atoms with Crippen LogP contribution in [0.4, 0.5) is 0 Å². The van der Waals surface area contributed by atoms with Crippen LogP contribution in [-0.4, -0.2) is 29.5 Å². The first-order valence-corrected chi connectivity index (χ1v) is 14.3. The van der Waals surface area contributed by atoms with Crippen molar-refractivity contribution in [2.45, 2.75) is 0 Å². The summed E-state index contributed by atoms with van der Waals surface area (Å²) in [5.41, 5.74) is 7.15. The topological polar surface area (TPSA) is 82.5 Å². The molecule has 0 bridgehead atoms. The number of furan rings is 1. The summed E-state index contributed by atoms with van der Waals surface area (Å²) < 4.78 is 8.62. The standard InChI is InChI=1S/C37H22N6O/c1-3-9-23(10-4-1)34-40-35(24-11-5-2-6-12-24)42-36(41-34)25-15-17-26(18-16-25)43-32-28(30-21-38-22-39-37(30)43)19-20-29-27-13-7-8-14-31(27)44-33(29)32/h1-22H. The van der Waals surface area contributed by atoms with Crippen molar-refractivity contribution in [1.82, 2.24) is 29.5 Å². The van der Waals surface area contributed by atoms with Gasteiger partial charge in [-0.15, -0.1) is 0 Å². The van der Waals surface area contributed by atoms with Gasteiger partial charge < -0.3 is 4.42 Å². The molecule has 0 atom stereocenters. The summed E-state index contributed by atoms with van der Waals surface area (Å²) in [6.45, 7) is 0. The van der Waals surface area contributed by atoms with E-state index in [4.69, 9.17) is 24.4 Å². The van der Waals surface area contributed by atoms with Gasteiger partial charge in [0.1, 0.15) is 17.6 Å². The van der Waals surface area contributed by atoms with Crippen molar-refractivity contribution in [2.75, 3.05) is 0 Å². The van der Waals surface area contributed by atoms with E-state index in [1.807, 2.05) is 97.2 Å². The zero-order valence-electron chi connectivity index (χ0n) is 23.3. The van der Waals surface area contributed by atoms with Crippen LogP contribution in [0.3, 0.4) is 0 Å². The third-order valence-electron chi connectivity index (χ3n) is 8.02. The first kappa shape index (κ1) is 24.4. The Hall–Kier alpha value is -6.21. The zero-order valence-corrected chi connectivity index (χ0v) is 23.3. The molecule has 9 aromatic rings. The Balaban J connectivity index is 1.24. The first-order chi connectivity index (χ1) is 21.8. The van der Waals surface area contributed by atoms with E-state index in [-0.39, 0.29) is 0 Å². The number of benzene rings is 5. The molecule has 0 unspecified atom stereocenters. The van der Waals surface area contributed by atoms with Gasteiger partial charge in [-0.25, -0.2) is 24.9 Å². The molecular formula is C37H22N6O. The minimum Gasteiger partial charge on any atom is -0.454 e. The lowest BCUT2D eigenvalue weighted by atomic mass is 10.1. The minimum atomic E-state index is 0.605. The molecular weight excluding hydrogens is 544 g/mol. The maximum Gasteiger partial charge on any atom is 0.164 e. The third-order valence-corrected chi connectivity index (χ3v) is 8.02. The fraction of sp³-hybridized carbons (Fsp3) is 0. The second-order valence-electron chi connectivity index (χ2n) is 10.6. The summed E-state index contributed by atoms with van der Waals surface area (Å²) in [5, 5.41) is 4.15. The summed E-state index contributed by atoms with van der Waals surface area (Å²) in [6.07, 6.45) is 3.45. The molecule has 0 N–H and O–H groups in total. The summed E-state index contributed by atoms with van der Waals surface area (Å²) in [7, 11) is 0. The van der Waals surface area contributed by atoms with Gasteiger partial charge >= 0.3 is 0 Å². The molecule has 0 saturated heterocycles. The van der Waals surface area contributed by atoms with E-state index < -0.39 is 0 Å². The molecule has 4 aromatic heterocycles. The molecule has 0 amide bonds. The number of hydrogen-bond donors (Lipinski definition) is 0. The molecule has 0 aliphatic heterocycles. The zero-order chi connectivity index (χ0) is 29.0. The van der Waals surface area contributed by atoms with Crippen LogP contribution in [0.2, 0.25) is 0 Å². The summed E-state index contributed by atoms with van der Waals surface area (Å²) in [5.74, 6) is 1.86. The Kier molecular flexibility index (Phi) is 5.36. The number of aromatic nitrogens is 6. The molecule has 0 aliphatic carbocycles. The second kappa shape index (κ2) is 9.68. The van der Waals surface area contributed by atoms with Crippen LogP contribution in [0.15, 0.2) is 138 Å². The lowest BCUT2D eigenvalue weighted by Gasteiger charge is -2.10. The van der Waals surface area contributed by atoms with Gasteiger partial charge in [0.2, 0.25) is 0 Å². The minimum absolute atomic E-state index is 0.605. The largest absolute Gasteiger partial charge is 0.454 e. The van der Waals surface area contributed by atoms with Crippen LogP contribution < -0.4 is 0 Å². The predicted octanol–water partition coefficient (Wildman–Crippen LogP) is 8.66. The van der Waals surface area contributed by atoms with Crippen LogP contribution in [0.1, 0.15) is 0 Å². The fourth-order valence-corrected chi connectivity index (χ4v) is 5.96. The highest BCUT2D eigenvalue weighted by Gasteiger charge is 2.20. The normalized spacial score (nSPS) is 11.6. The molecule has 9 rings (SSSR count). The number of fused-ring (bicyclic) bond motifs is 7. The Morgan fingerprint density at radius 2 is 1.09 bits per heavy atom. The van der Waals surface area contributed by atoms with Crippen molar-refractivity contribution >= 4 is 43.9 Å². The van der Waals surface area contributed by atoms with Gasteiger partial charge in [-0.3, -0.25) is 4.57 Å². The fourth-order valence-electron chi connectivity index (χ4n) is 5.96. The van der Waals surface area contributed by atoms with Crippen molar-refractivity contribution in [3.63, 3.8) is 0 Å². The van der Waals surface area contributed by atoms with Crippen LogP contribution in [0.5, 0.6) is 0 Å².